The molecule has 3 aromatic rings. The maximum Gasteiger partial charge on any atom is 0.246 e. The molecule has 1 amide bonds. The van der Waals surface area contributed by atoms with Crippen molar-refractivity contribution in [3.05, 3.63) is 76.5 Å². The molecule has 2 fully saturated rings. The van der Waals surface area contributed by atoms with Crippen molar-refractivity contribution in [1.82, 2.24) is 10.9 Å². The molecule has 2 N–H and O–H groups in total. The van der Waals surface area contributed by atoms with Crippen LogP contribution in [0.15, 0.2) is 66.0 Å². The van der Waals surface area contributed by atoms with E-state index < -0.39 is 0 Å². The van der Waals surface area contributed by atoms with Gasteiger partial charge in [-0.25, -0.2) is 10.9 Å². The lowest BCUT2D eigenvalue weighted by Crippen LogP contribution is -2.41. The zero-order valence-corrected chi connectivity index (χ0v) is 18.3. The molecule has 4 atom stereocenters. The Morgan fingerprint density at radius 3 is 2.32 bits per heavy atom. The predicted molar refractivity (Wildman–Crippen MR) is 121 cm³/mol. The summed E-state index contributed by atoms with van der Waals surface area (Å²) in [4.78, 5) is 16.7. The number of benzene rings is 2. The van der Waals surface area contributed by atoms with Crippen LogP contribution in [0.2, 0.25) is 0 Å². The van der Waals surface area contributed by atoms with Gasteiger partial charge in [0.15, 0.2) is 0 Å². The van der Waals surface area contributed by atoms with Gasteiger partial charge in [0.25, 0.3) is 0 Å². The van der Waals surface area contributed by atoms with Gasteiger partial charge in [-0.3, -0.25) is 4.79 Å². The molecule has 5 rings (SSSR count). The summed E-state index contributed by atoms with van der Waals surface area (Å²) in [7, 11) is 1.66. The number of fused-ring (bicyclic) bond motifs is 1. The maximum atomic E-state index is 13.6. The number of hydrazine groups is 1. The SMILES string of the molecule is CCOc1ccc(N2C(=O)C3NNC(c4ccc(OC)cc4)C3C2c2cccs2)cc1. The molecule has 2 aliphatic heterocycles. The highest BCUT2D eigenvalue weighted by Crippen LogP contribution is 2.50. The minimum absolute atomic E-state index is 0.000320. The van der Waals surface area contributed by atoms with Crippen LogP contribution in [0, 0.1) is 5.92 Å². The monoisotopic (exact) mass is 435 g/mol. The van der Waals surface area contributed by atoms with E-state index in [1.54, 1.807) is 18.4 Å². The van der Waals surface area contributed by atoms with Crippen LogP contribution in [0.1, 0.15) is 29.4 Å². The number of methoxy groups -OCH3 is 1. The standard InChI is InChI=1S/C24H25N3O3S/c1-3-30-18-12-8-16(9-13-18)27-23(19-5-4-14-31-19)20-21(25-26-22(20)24(27)28)15-6-10-17(29-2)11-7-15/h4-14,20-23,25-26H,3H2,1-2H3. The van der Waals surface area contributed by atoms with Gasteiger partial charge in [-0.15, -0.1) is 11.3 Å². The fourth-order valence-electron chi connectivity index (χ4n) is 4.67. The van der Waals surface area contributed by atoms with Crippen LogP contribution in [0.25, 0.3) is 0 Å². The number of ether oxygens (including phenoxy) is 2. The van der Waals surface area contributed by atoms with Gasteiger partial charge >= 0.3 is 0 Å². The number of thiophene rings is 1. The molecule has 2 aromatic carbocycles. The van der Waals surface area contributed by atoms with E-state index in [4.69, 9.17) is 9.47 Å². The molecule has 6 nitrogen and oxygen atoms in total. The number of anilines is 1. The molecule has 2 saturated heterocycles. The Bertz CT molecular complexity index is 1040. The Balaban J connectivity index is 1.53. The second kappa shape index (κ2) is 8.34. The van der Waals surface area contributed by atoms with Gasteiger partial charge in [0.1, 0.15) is 17.5 Å². The maximum absolute atomic E-state index is 13.6. The second-order valence-corrected chi connectivity index (χ2v) is 8.67. The lowest BCUT2D eigenvalue weighted by Gasteiger charge is -2.30. The molecular weight excluding hydrogens is 410 g/mol. The molecule has 1 aromatic heterocycles. The van der Waals surface area contributed by atoms with Crippen molar-refractivity contribution in [2.24, 2.45) is 5.92 Å². The van der Waals surface area contributed by atoms with Gasteiger partial charge in [-0.2, -0.15) is 0 Å². The molecule has 7 heteroatoms. The number of amides is 1. The van der Waals surface area contributed by atoms with Crippen LogP contribution in [0.4, 0.5) is 5.69 Å². The highest BCUT2D eigenvalue weighted by molar-refractivity contribution is 7.10. The zero-order valence-electron chi connectivity index (χ0n) is 17.4. The van der Waals surface area contributed by atoms with Crippen molar-refractivity contribution in [1.29, 1.82) is 0 Å². The van der Waals surface area contributed by atoms with Crippen LogP contribution < -0.4 is 25.2 Å². The van der Waals surface area contributed by atoms with Crippen molar-refractivity contribution in [3.63, 3.8) is 0 Å². The van der Waals surface area contributed by atoms with Gasteiger partial charge in [-0.1, -0.05) is 18.2 Å². The van der Waals surface area contributed by atoms with Gasteiger partial charge in [0.2, 0.25) is 5.91 Å². The fraction of sp³-hybridized carbons (Fsp3) is 0.292. The van der Waals surface area contributed by atoms with Crippen LogP contribution in [0.3, 0.4) is 0 Å². The van der Waals surface area contributed by atoms with Crippen molar-refractivity contribution in [2.75, 3.05) is 18.6 Å². The van der Waals surface area contributed by atoms with Crippen molar-refractivity contribution in [3.8, 4) is 11.5 Å². The summed E-state index contributed by atoms with van der Waals surface area (Å²) in [5.41, 5.74) is 8.67. The molecular formula is C24H25N3O3S. The quantitative estimate of drug-likeness (QED) is 0.611. The third-order valence-electron chi connectivity index (χ3n) is 6.05. The first kappa shape index (κ1) is 20.1. The molecule has 0 saturated carbocycles. The largest absolute Gasteiger partial charge is 0.497 e. The number of rotatable bonds is 6. The lowest BCUT2D eigenvalue weighted by molar-refractivity contribution is -0.119. The van der Waals surface area contributed by atoms with Crippen LogP contribution >= 0.6 is 11.3 Å². The summed E-state index contributed by atoms with van der Waals surface area (Å²) >= 11 is 1.69. The van der Waals surface area contributed by atoms with E-state index in [1.807, 2.05) is 54.3 Å². The van der Waals surface area contributed by atoms with E-state index in [-0.39, 0.29) is 30.0 Å². The first-order chi connectivity index (χ1) is 15.2. The number of hydrogen-bond donors (Lipinski definition) is 2. The van der Waals surface area contributed by atoms with Crippen molar-refractivity contribution < 1.29 is 14.3 Å². The summed E-state index contributed by atoms with van der Waals surface area (Å²) in [6.45, 7) is 2.58. The Labute approximate surface area is 185 Å². The summed E-state index contributed by atoms with van der Waals surface area (Å²) in [6.07, 6.45) is 0. The van der Waals surface area contributed by atoms with Crippen molar-refractivity contribution >= 4 is 22.9 Å². The van der Waals surface area contributed by atoms with E-state index in [0.29, 0.717) is 6.61 Å². The van der Waals surface area contributed by atoms with Crippen LogP contribution in [0.5, 0.6) is 11.5 Å². The molecule has 0 bridgehead atoms. The summed E-state index contributed by atoms with van der Waals surface area (Å²) < 4.78 is 10.9. The molecule has 4 unspecified atom stereocenters. The highest BCUT2D eigenvalue weighted by atomic mass is 32.1. The first-order valence-electron chi connectivity index (χ1n) is 10.5. The molecule has 3 heterocycles. The minimum atomic E-state index is -0.300. The highest BCUT2D eigenvalue weighted by Gasteiger charge is 2.56. The van der Waals surface area contributed by atoms with E-state index in [1.165, 1.54) is 4.88 Å². The average Bonchev–Trinajstić information content (AvgIpc) is 3.53. The Kier molecular flexibility index (Phi) is 5.40. The van der Waals surface area contributed by atoms with Crippen LogP contribution in [-0.2, 0) is 4.79 Å². The van der Waals surface area contributed by atoms with Gasteiger partial charge in [-0.05, 0) is 60.3 Å². The topological polar surface area (TPSA) is 62.8 Å². The number of nitrogens with one attached hydrogen (secondary N) is 2. The van der Waals surface area contributed by atoms with Gasteiger partial charge in [0, 0.05) is 16.5 Å². The van der Waals surface area contributed by atoms with Gasteiger partial charge in [0.05, 0.1) is 25.8 Å². The first-order valence-corrected chi connectivity index (χ1v) is 11.3. The number of nitrogens with zero attached hydrogens (tertiary/aromatic N) is 1. The van der Waals surface area contributed by atoms with Crippen LogP contribution in [-0.4, -0.2) is 25.7 Å². The van der Waals surface area contributed by atoms with E-state index in [0.717, 1.165) is 22.7 Å². The third kappa shape index (κ3) is 3.48. The van der Waals surface area contributed by atoms with E-state index in [2.05, 4.69) is 34.4 Å². The average molecular weight is 436 g/mol. The minimum Gasteiger partial charge on any atom is -0.497 e. The van der Waals surface area contributed by atoms with E-state index >= 15 is 0 Å². The molecule has 2 aliphatic rings. The molecule has 0 radical (unpaired) electrons. The Morgan fingerprint density at radius 2 is 1.68 bits per heavy atom. The lowest BCUT2D eigenvalue weighted by atomic mass is 9.85. The normalized spacial score (nSPS) is 25.0. The van der Waals surface area contributed by atoms with E-state index in [9.17, 15) is 4.79 Å². The summed E-state index contributed by atoms with van der Waals surface area (Å²) in [5, 5.41) is 2.07. The molecule has 160 valence electrons. The predicted octanol–water partition coefficient (Wildman–Crippen LogP) is 4.08. The Morgan fingerprint density at radius 1 is 0.968 bits per heavy atom. The molecule has 31 heavy (non-hydrogen) atoms. The number of hydrogen-bond acceptors (Lipinski definition) is 6. The summed E-state index contributed by atoms with van der Waals surface area (Å²) in [6, 6.07) is 19.7. The molecule has 0 aliphatic carbocycles. The zero-order chi connectivity index (χ0) is 21.4. The Hall–Kier alpha value is -2.87. The van der Waals surface area contributed by atoms with Gasteiger partial charge < -0.3 is 14.4 Å². The number of carbonyl (C=O) groups excluding carboxylic acids is 1. The van der Waals surface area contributed by atoms with Crippen molar-refractivity contribution in [2.45, 2.75) is 25.0 Å². The summed E-state index contributed by atoms with van der Waals surface area (Å²) in [5.74, 6) is 1.75. The number of carbonyl (C=O) groups is 1. The fourth-order valence-corrected chi connectivity index (χ4v) is 5.54. The third-order valence-corrected chi connectivity index (χ3v) is 6.99. The molecule has 0 spiro atoms. The second-order valence-electron chi connectivity index (χ2n) is 7.69. The smallest absolute Gasteiger partial charge is 0.246 e.